The van der Waals surface area contributed by atoms with Crippen LogP contribution in [0.4, 0.5) is 0 Å². The van der Waals surface area contributed by atoms with Crippen molar-refractivity contribution in [2.75, 3.05) is 26.7 Å². The number of sulfonamides is 1. The van der Waals surface area contributed by atoms with Crippen molar-refractivity contribution < 1.29 is 22.4 Å². The Morgan fingerprint density at radius 3 is 2.38 bits per heavy atom. The molecule has 1 fully saturated rings. The highest BCUT2D eigenvalue weighted by Crippen LogP contribution is 2.26. The maximum atomic E-state index is 12.8. The first kappa shape index (κ1) is 24.0. The lowest BCUT2D eigenvalue weighted by molar-refractivity contribution is 0.0937. The van der Waals surface area contributed by atoms with Crippen LogP contribution in [-0.2, 0) is 16.6 Å². The van der Waals surface area contributed by atoms with Gasteiger partial charge in [0, 0.05) is 12.1 Å². The van der Waals surface area contributed by atoms with Crippen molar-refractivity contribution in [2.24, 2.45) is 0 Å². The first-order chi connectivity index (χ1) is 16.5. The average molecular weight is 484 g/mol. The molecular weight excluding hydrogens is 454 g/mol. The molecule has 8 nitrogen and oxygen atoms in total. The normalized spacial score (nSPS) is 15.2. The summed E-state index contributed by atoms with van der Waals surface area (Å²) in [6.07, 6.45) is 3.77. The molecule has 0 aliphatic carbocycles. The molecular formula is C25H29N3O5S. The van der Waals surface area contributed by atoms with Crippen molar-refractivity contribution >= 4 is 15.9 Å². The molecule has 1 atom stereocenters. The fourth-order valence-electron chi connectivity index (χ4n) is 4.08. The van der Waals surface area contributed by atoms with Gasteiger partial charge >= 0.3 is 0 Å². The van der Waals surface area contributed by atoms with Crippen LogP contribution in [0, 0.1) is 0 Å². The first-order valence-electron chi connectivity index (χ1n) is 11.2. The van der Waals surface area contributed by atoms with Crippen LogP contribution in [0.3, 0.4) is 0 Å². The minimum absolute atomic E-state index is 0.0564. The summed E-state index contributed by atoms with van der Waals surface area (Å²) in [5.41, 5.74) is 1.52. The molecule has 9 heteroatoms. The molecule has 0 spiro atoms. The fraction of sp³-hybridized carbons (Fsp3) is 0.320. The monoisotopic (exact) mass is 483 g/mol. The number of likely N-dealkylation sites (tertiary alicyclic amines) is 1. The van der Waals surface area contributed by atoms with E-state index in [9.17, 15) is 13.2 Å². The predicted octanol–water partition coefficient (Wildman–Crippen LogP) is 3.33. The molecule has 1 saturated heterocycles. The lowest BCUT2D eigenvalue weighted by atomic mass is 10.0. The summed E-state index contributed by atoms with van der Waals surface area (Å²) in [5.74, 6) is 1.07. The largest absolute Gasteiger partial charge is 0.497 e. The van der Waals surface area contributed by atoms with Gasteiger partial charge in [-0.2, -0.15) is 0 Å². The molecule has 1 aromatic heterocycles. The average Bonchev–Trinajstić information content (AvgIpc) is 3.58. The van der Waals surface area contributed by atoms with E-state index in [4.69, 9.17) is 9.15 Å². The number of amides is 1. The Labute approximate surface area is 200 Å². The highest BCUT2D eigenvalue weighted by atomic mass is 32.2. The third-order valence-corrected chi connectivity index (χ3v) is 7.40. The number of carbonyl (C=O) groups is 1. The van der Waals surface area contributed by atoms with Gasteiger partial charge in [-0.1, -0.05) is 12.1 Å². The summed E-state index contributed by atoms with van der Waals surface area (Å²) >= 11 is 0. The van der Waals surface area contributed by atoms with Crippen LogP contribution in [0.15, 0.2) is 76.2 Å². The molecule has 0 bridgehead atoms. The predicted molar refractivity (Wildman–Crippen MR) is 128 cm³/mol. The number of benzene rings is 2. The second-order valence-corrected chi connectivity index (χ2v) is 9.94. The zero-order valence-corrected chi connectivity index (χ0v) is 19.9. The Balaban J connectivity index is 1.39. The molecule has 0 radical (unpaired) electrons. The summed E-state index contributed by atoms with van der Waals surface area (Å²) < 4.78 is 37.9. The highest BCUT2D eigenvalue weighted by Gasteiger charge is 2.24. The number of nitrogens with one attached hydrogen (secondary N) is 2. The molecule has 1 unspecified atom stereocenters. The van der Waals surface area contributed by atoms with E-state index in [-0.39, 0.29) is 23.4 Å². The zero-order chi connectivity index (χ0) is 24.0. The highest BCUT2D eigenvalue weighted by molar-refractivity contribution is 7.89. The molecule has 2 aromatic carbocycles. The van der Waals surface area contributed by atoms with Crippen LogP contribution >= 0.6 is 0 Å². The van der Waals surface area contributed by atoms with Gasteiger partial charge in [0.2, 0.25) is 10.0 Å². The minimum atomic E-state index is -3.72. The van der Waals surface area contributed by atoms with Crippen molar-refractivity contribution in [3.05, 3.63) is 83.8 Å². The number of hydrogen-bond acceptors (Lipinski definition) is 6. The minimum Gasteiger partial charge on any atom is -0.497 e. The number of carbonyl (C=O) groups excluding carboxylic acids is 1. The number of hydrogen-bond donors (Lipinski definition) is 2. The maximum absolute atomic E-state index is 12.8. The molecule has 4 rings (SSSR count). The number of ether oxygens (including phenoxy) is 1. The van der Waals surface area contributed by atoms with Gasteiger partial charge in [-0.3, -0.25) is 9.69 Å². The Hall–Kier alpha value is -3.14. The van der Waals surface area contributed by atoms with Gasteiger partial charge in [0.15, 0.2) is 0 Å². The smallest absolute Gasteiger partial charge is 0.251 e. The van der Waals surface area contributed by atoms with Crippen LogP contribution in [0.2, 0.25) is 0 Å². The molecule has 1 aliphatic heterocycles. The third-order valence-electron chi connectivity index (χ3n) is 5.98. The summed E-state index contributed by atoms with van der Waals surface area (Å²) in [5, 5.41) is 3.02. The number of nitrogens with zero attached hydrogens (tertiary/aromatic N) is 1. The molecule has 0 saturated carbocycles. The van der Waals surface area contributed by atoms with Crippen LogP contribution in [0.1, 0.15) is 40.6 Å². The Morgan fingerprint density at radius 1 is 1.06 bits per heavy atom. The van der Waals surface area contributed by atoms with Crippen molar-refractivity contribution in [3.8, 4) is 5.75 Å². The second-order valence-electron chi connectivity index (χ2n) is 8.17. The Kier molecular flexibility index (Phi) is 7.66. The lowest BCUT2D eigenvalue weighted by Gasteiger charge is -2.28. The van der Waals surface area contributed by atoms with Crippen molar-refractivity contribution in [1.82, 2.24) is 14.9 Å². The molecule has 1 amide bonds. The Morgan fingerprint density at radius 2 is 1.76 bits per heavy atom. The van der Waals surface area contributed by atoms with E-state index in [1.54, 1.807) is 19.2 Å². The molecule has 180 valence electrons. The maximum Gasteiger partial charge on any atom is 0.251 e. The standard InChI is InChI=1S/C25H29N3O5S/c1-32-21-10-6-19(7-11-21)24(28-14-2-3-15-28)18-26-25(29)20-8-12-23(13-9-20)34(30,31)27-17-22-5-4-16-33-22/h4-13,16,24,27H,2-3,14-15,17-18H2,1H3,(H,26,29). The number of furan rings is 1. The zero-order valence-electron chi connectivity index (χ0n) is 19.1. The van der Waals surface area contributed by atoms with Crippen molar-refractivity contribution in [3.63, 3.8) is 0 Å². The lowest BCUT2D eigenvalue weighted by Crippen LogP contribution is -2.36. The Bertz CT molecular complexity index is 1170. The number of methoxy groups -OCH3 is 1. The molecule has 1 aliphatic rings. The molecule has 2 heterocycles. The number of rotatable bonds is 10. The van der Waals surface area contributed by atoms with Crippen molar-refractivity contribution in [1.29, 1.82) is 0 Å². The quantitative estimate of drug-likeness (QED) is 0.459. The second kappa shape index (κ2) is 10.9. The van der Waals surface area contributed by atoms with E-state index in [1.165, 1.54) is 30.5 Å². The molecule has 34 heavy (non-hydrogen) atoms. The van der Waals surface area contributed by atoms with Crippen LogP contribution in [-0.4, -0.2) is 46.0 Å². The van der Waals surface area contributed by atoms with E-state index in [1.807, 2.05) is 24.3 Å². The van der Waals surface area contributed by atoms with Gasteiger partial charge in [0.1, 0.15) is 11.5 Å². The van der Waals surface area contributed by atoms with Crippen molar-refractivity contribution in [2.45, 2.75) is 30.3 Å². The van der Waals surface area contributed by atoms with E-state index < -0.39 is 10.0 Å². The van der Waals surface area contributed by atoms with Crippen LogP contribution in [0.25, 0.3) is 0 Å². The van der Waals surface area contributed by atoms with Gasteiger partial charge in [-0.05, 0) is 80.0 Å². The van der Waals surface area contributed by atoms with Gasteiger partial charge in [-0.25, -0.2) is 13.1 Å². The first-order valence-corrected chi connectivity index (χ1v) is 12.7. The van der Waals surface area contributed by atoms with Gasteiger partial charge < -0.3 is 14.5 Å². The summed E-state index contributed by atoms with van der Waals surface area (Å²) in [4.78, 5) is 15.3. The van der Waals surface area contributed by atoms with Crippen LogP contribution < -0.4 is 14.8 Å². The SMILES string of the molecule is COc1ccc(C(CNC(=O)c2ccc(S(=O)(=O)NCc3ccco3)cc2)N2CCCC2)cc1. The third kappa shape index (κ3) is 5.85. The molecule has 2 N–H and O–H groups in total. The van der Waals surface area contributed by atoms with E-state index in [0.717, 1.165) is 37.2 Å². The molecule has 3 aromatic rings. The van der Waals surface area contributed by atoms with Gasteiger partial charge in [-0.15, -0.1) is 0 Å². The topological polar surface area (TPSA) is 101 Å². The summed E-state index contributed by atoms with van der Waals surface area (Å²) in [7, 11) is -2.08. The fourth-order valence-corrected chi connectivity index (χ4v) is 5.07. The van der Waals surface area contributed by atoms with Gasteiger partial charge in [0.05, 0.1) is 30.9 Å². The summed E-state index contributed by atoms with van der Waals surface area (Å²) in [6, 6.07) is 17.3. The van der Waals surface area contributed by atoms with E-state index in [2.05, 4.69) is 14.9 Å². The van der Waals surface area contributed by atoms with E-state index >= 15 is 0 Å². The summed E-state index contributed by atoms with van der Waals surface area (Å²) in [6.45, 7) is 2.49. The van der Waals surface area contributed by atoms with Crippen LogP contribution in [0.5, 0.6) is 5.75 Å². The van der Waals surface area contributed by atoms with Gasteiger partial charge in [0.25, 0.3) is 5.91 Å². The van der Waals surface area contributed by atoms with E-state index in [0.29, 0.717) is 17.9 Å².